The van der Waals surface area contributed by atoms with E-state index in [1.54, 1.807) is 0 Å². The fourth-order valence-electron chi connectivity index (χ4n) is 0.739. The fourth-order valence-corrected chi connectivity index (χ4v) is 0.739. The average molecular weight is 129 g/mol. The smallest absolute Gasteiger partial charge is 0.101 e. The molecular weight excluding hydrogens is 112 g/mol. The van der Waals surface area contributed by atoms with Gasteiger partial charge in [-0.3, -0.25) is 10.6 Å². The molecule has 0 saturated carbocycles. The predicted octanol–water partition coefficient (Wildman–Crippen LogP) is 1.10. The van der Waals surface area contributed by atoms with E-state index in [0.717, 1.165) is 19.5 Å². The van der Waals surface area contributed by atoms with Gasteiger partial charge in [0.15, 0.2) is 0 Å². The molecule has 0 aromatic heterocycles. The van der Waals surface area contributed by atoms with Crippen LogP contribution in [0, 0.1) is 6.17 Å². The van der Waals surface area contributed by atoms with Crippen molar-refractivity contribution < 1.29 is 0 Å². The second kappa shape index (κ2) is 6.05. The Balaban J connectivity index is 3.18. The third-order valence-corrected chi connectivity index (χ3v) is 1.13. The molecule has 0 aliphatic rings. The summed E-state index contributed by atoms with van der Waals surface area (Å²) in [5.41, 5.74) is 0. The highest BCUT2D eigenvalue weighted by molar-refractivity contribution is 4.79. The Bertz CT molecular complexity index is 48.9. The molecule has 9 heavy (non-hydrogen) atoms. The van der Waals surface area contributed by atoms with Crippen molar-refractivity contribution in [3.63, 3.8) is 0 Å². The molecular formula is C7H17N2. The van der Waals surface area contributed by atoms with E-state index in [2.05, 4.69) is 31.4 Å². The van der Waals surface area contributed by atoms with Gasteiger partial charge in [-0.05, 0) is 19.5 Å². The Kier molecular flexibility index (Phi) is 5.99. The molecule has 55 valence electrons. The lowest BCUT2D eigenvalue weighted by molar-refractivity contribution is 0.565. The molecule has 0 aromatic rings. The molecule has 0 aromatic carbocycles. The van der Waals surface area contributed by atoms with E-state index < -0.39 is 0 Å². The van der Waals surface area contributed by atoms with E-state index in [1.807, 2.05) is 0 Å². The Morgan fingerprint density at radius 3 is 1.67 bits per heavy atom. The highest BCUT2D eigenvalue weighted by atomic mass is 15.1. The summed E-state index contributed by atoms with van der Waals surface area (Å²) in [7, 11) is 0. The second-order valence-electron chi connectivity index (χ2n) is 1.89. The van der Waals surface area contributed by atoms with Gasteiger partial charge in [0, 0.05) is 0 Å². The van der Waals surface area contributed by atoms with Crippen LogP contribution in [0.15, 0.2) is 0 Å². The van der Waals surface area contributed by atoms with Crippen molar-refractivity contribution in [2.75, 3.05) is 13.1 Å². The summed E-state index contributed by atoms with van der Waals surface area (Å²) < 4.78 is 0. The highest BCUT2D eigenvalue weighted by Gasteiger charge is 1.99. The predicted molar refractivity (Wildman–Crippen MR) is 40.9 cm³/mol. The molecule has 2 N–H and O–H groups in total. The first-order valence-electron chi connectivity index (χ1n) is 3.68. The molecule has 2 nitrogen and oxygen atoms in total. The van der Waals surface area contributed by atoms with Gasteiger partial charge < -0.3 is 0 Å². The molecule has 0 rings (SSSR count). The van der Waals surface area contributed by atoms with E-state index in [9.17, 15) is 0 Å². The van der Waals surface area contributed by atoms with Crippen molar-refractivity contribution in [1.29, 1.82) is 0 Å². The van der Waals surface area contributed by atoms with Gasteiger partial charge in [-0.25, -0.2) is 0 Å². The zero-order chi connectivity index (χ0) is 7.11. The molecule has 1 radical (unpaired) electrons. The second-order valence-corrected chi connectivity index (χ2v) is 1.89. The summed E-state index contributed by atoms with van der Waals surface area (Å²) in [6.45, 7) is 8.37. The van der Waals surface area contributed by atoms with Crippen LogP contribution in [-0.2, 0) is 0 Å². The van der Waals surface area contributed by atoms with Crippen molar-refractivity contribution in [2.24, 2.45) is 0 Å². The normalized spacial score (nSPS) is 10.7. The topological polar surface area (TPSA) is 24.1 Å². The summed E-state index contributed by atoms with van der Waals surface area (Å²) in [5, 5.41) is 6.48. The Morgan fingerprint density at radius 2 is 1.44 bits per heavy atom. The SMILES string of the molecule is CCN[C](CC)NCC. The minimum Gasteiger partial charge on any atom is -0.297 e. The first kappa shape index (κ1) is 8.92. The van der Waals surface area contributed by atoms with Gasteiger partial charge in [-0.2, -0.15) is 0 Å². The standard InChI is InChI=1S/C7H17N2/c1-4-7(8-5-2)9-6-3/h8-9H,4-6H2,1-3H3. The summed E-state index contributed by atoms with van der Waals surface area (Å²) in [6, 6.07) is 0. The monoisotopic (exact) mass is 129 g/mol. The van der Waals surface area contributed by atoms with Crippen molar-refractivity contribution in [3.05, 3.63) is 6.17 Å². The molecule has 0 atom stereocenters. The van der Waals surface area contributed by atoms with Gasteiger partial charge in [0.2, 0.25) is 0 Å². The highest BCUT2D eigenvalue weighted by Crippen LogP contribution is 1.92. The maximum Gasteiger partial charge on any atom is 0.101 e. The lowest BCUT2D eigenvalue weighted by Crippen LogP contribution is -2.33. The van der Waals surface area contributed by atoms with E-state index >= 15 is 0 Å². The quantitative estimate of drug-likeness (QED) is 0.581. The third kappa shape index (κ3) is 4.43. The van der Waals surface area contributed by atoms with Gasteiger partial charge in [-0.1, -0.05) is 20.8 Å². The molecule has 0 fully saturated rings. The van der Waals surface area contributed by atoms with Crippen molar-refractivity contribution in [2.45, 2.75) is 27.2 Å². The van der Waals surface area contributed by atoms with Crippen LogP contribution in [-0.4, -0.2) is 13.1 Å². The number of nitrogens with one attached hydrogen (secondary N) is 2. The minimum absolute atomic E-state index is 1.01. The van der Waals surface area contributed by atoms with Gasteiger partial charge in [0.05, 0.1) is 0 Å². The van der Waals surface area contributed by atoms with Crippen LogP contribution in [0.1, 0.15) is 27.2 Å². The van der Waals surface area contributed by atoms with Crippen LogP contribution in [0.25, 0.3) is 0 Å². The summed E-state index contributed by atoms with van der Waals surface area (Å²) in [5.74, 6) is 0. The van der Waals surface area contributed by atoms with Gasteiger partial charge in [-0.15, -0.1) is 0 Å². The molecule has 0 saturated heterocycles. The lowest BCUT2D eigenvalue weighted by Gasteiger charge is -2.13. The largest absolute Gasteiger partial charge is 0.297 e. The van der Waals surface area contributed by atoms with Gasteiger partial charge in [0.25, 0.3) is 0 Å². The molecule has 0 heterocycles. The summed E-state index contributed by atoms with van der Waals surface area (Å²) >= 11 is 0. The first-order valence-corrected chi connectivity index (χ1v) is 3.68. The maximum atomic E-state index is 3.24. The molecule has 0 spiro atoms. The van der Waals surface area contributed by atoms with E-state index in [4.69, 9.17) is 0 Å². The first-order chi connectivity index (χ1) is 4.35. The van der Waals surface area contributed by atoms with Crippen molar-refractivity contribution in [3.8, 4) is 0 Å². The van der Waals surface area contributed by atoms with Crippen LogP contribution >= 0.6 is 0 Å². The molecule has 0 aliphatic heterocycles. The van der Waals surface area contributed by atoms with E-state index in [-0.39, 0.29) is 0 Å². The van der Waals surface area contributed by atoms with Crippen molar-refractivity contribution in [1.82, 2.24) is 10.6 Å². The summed E-state index contributed by atoms with van der Waals surface area (Å²) in [6.07, 6.45) is 2.32. The molecule has 0 amide bonds. The van der Waals surface area contributed by atoms with E-state index in [1.165, 1.54) is 6.17 Å². The zero-order valence-corrected chi connectivity index (χ0v) is 6.62. The van der Waals surface area contributed by atoms with Crippen LogP contribution in [0.3, 0.4) is 0 Å². The number of hydrogen-bond acceptors (Lipinski definition) is 2. The molecule has 2 heteroatoms. The molecule has 0 bridgehead atoms. The van der Waals surface area contributed by atoms with Crippen molar-refractivity contribution >= 4 is 0 Å². The zero-order valence-electron chi connectivity index (χ0n) is 6.62. The van der Waals surface area contributed by atoms with E-state index in [0.29, 0.717) is 0 Å². The summed E-state index contributed by atoms with van der Waals surface area (Å²) in [4.78, 5) is 0. The fraction of sp³-hybridized carbons (Fsp3) is 0.857. The lowest BCUT2D eigenvalue weighted by atomic mass is 10.3. The molecule has 0 aliphatic carbocycles. The van der Waals surface area contributed by atoms with Gasteiger partial charge in [0.1, 0.15) is 6.17 Å². The Morgan fingerprint density at radius 1 is 1.00 bits per heavy atom. The Hall–Kier alpha value is -0.0800. The third-order valence-electron chi connectivity index (χ3n) is 1.13. The Labute approximate surface area is 58.0 Å². The van der Waals surface area contributed by atoms with Crippen LogP contribution in [0.5, 0.6) is 0 Å². The number of hydrogen-bond donors (Lipinski definition) is 2. The van der Waals surface area contributed by atoms with Gasteiger partial charge >= 0.3 is 0 Å². The van der Waals surface area contributed by atoms with Crippen LogP contribution < -0.4 is 10.6 Å². The number of rotatable bonds is 5. The van der Waals surface area contributed by atoms with Crippen LogP contribution in [0.2, 0.25) is 0 Å². The minimum atomic E-state index is 1.01. The molecule has 0 unspecified atom stereocenters. The maximum absolute atomic E-state index is 3.24. The van der Waals surface area contributed by atoms with Crippen LogP contribution in [0.4, 0.5) is 0 Å². The average Bonchev–Trinajstić information content (AvgIpc) is 1.88.